The van der Waals surface area contributed by atoms with Crippen LogP contribution >= 0.6 is 0 Å². The molecule has 90 valence electrons. The van der Waals surface area contributed by atoms with Crippen LogP contribution in [0.3, 0.4) is 0 Å². The molecule has 0 amide bonds. The van der Waals surface area contributed by atoms with E-state index < -0.39 is 5.97 Å². The van der Waals surface area contributed by atoms with E-state index in [0.717, 1.165) is 11.8 Å². The van der Waals surface area contributed by atoms with Crippen LogP contribution in [0.25, 0.3) is 0 Å². The zero-order valence-corrected chi connectivity index (χ0v) is 9.64. The third kappa shape index (κ3) is 1.69. The summed E-state index contributed by atoms with van der Waals surface area (Å²) in [5.74, 6) is -0.871. The van der Waals surface area contributed by atoms with Crippen LogP contribution < -0.4 is 0 Å². The first kappa shape index (κ1) is 10.9. The number of ether oxygens (including phenoxy) is 3. The van der Waals surface area contributed by atoms with Gasteiger partial charge in [-0.1, -0.05) is 24.3 Å². The maximum atomic E-state index is 10.6. The molecule has 0 N–H and O–H groups in total. The van der Waals surface area contributed by atoms with Gasteiger partial charge in [0.15, 0.2) is 0 Å². The van der Waals surface area contributed by atoms with Crippen LogP contribution in [0.4, 0.5) is 0 Å². The largest absolute Gasteiger partial charge is 0.327 e. The molecular weight excluding hydrogens is 220 g/mol. The van der Waals surface area contributed by atoms with Crippen molar-refractivity contribution in [1.29, 1.82) is 0 Å². The second-order valence-corrected chi connectivity index (χ2v) is 4.75. The van der Waals surface area contributed by atoms with E-state index >= 15 is 0 Å². The highest BCUT2D eigenvalue weighted by Crippen LogP contribution is 2.40. The third-order valence-corrected chi connectivity index (χ3v) is 3.49. The Labute approximate surface area is 99.5 Å². The van der Waals surface area contributed by atoms with Gasteiger partial charge in [-0.05, 0) is 5.56 Å². The van der Waals surface area contributed by atoms with Gasteiger partial charge in [-0.2, -0.15) is 0 Å². The van der Waals surface area contributed by atoms with Crippen molar-refractivity contribution in [2.24, 2.45) is 0 Å². The van der Waals surface area contributed by atoms with Gasteiger partial charge in [0.25, 0.3) is 5.97 Å². The Bertz CT molecular complexity index is 413. The molecule has 4 rings (SSSR count). The number of fused-ring (bicyclic) bond motifs is 3. The summed E-state index contributed by atoms with van der Waals surface area (Å²) in [6, 6.07) is 7.49. The molecule has 0 unspecified atom stereocenters. The summed E-state index contributed by atoms with van der Waals surface area (Å²) >= 11 is 0. The van der Waals surface area contributed by atoms with Gasteiger partial charge in [-0.3, -0.25) is 4.79 Å². The van der Waals surface area contributed by atoms with Crippen molar-refractivity contribution in [3.05, 3.63) is 35.4 Å². The summed E-state index contributed by atoms with van der Waals surface area (Å²) in [5.41, 5.74) is 1.52. The minimum Gasteiger partial charge on any atom is -0.327 e. The average molecular weight is 234 g/mol. The van der Waals surface area contributed by atoms with Crippen molar-refractivity contribution in [3.63, 3.8) is 0 Å². The highest BCUT2D eigenvalue weighted by Gasteiger charge is 2.50. The summed E-state index contributed by atoms with van der Waals surface area (Å²) in [5, 5.41) is 0. The Balaban J connectivity index is 1.90. The second-order valence-electron chi connectivity index (χ2n) is 4.75. The Morgan fingerprint density at radius 2 is 1.59 bits per heavy atom. The molecule has 0 aliphatic carbocycles. The molecule has 0 atom stereocenters. The van der Waals surface area contributed by atoms with Gasteiger partial charge in [0.2, 0.25) is 0 Å². The zero-order valence-electron chi connectivity index (χ0n) is 9.64. The fraction of sp³-hybridized carbons (Fsp3) is 0.462. The molecule has 3 heterocycles. The topological polar surface area (TPSA) is 44.8 Å². The molecule has 3 saturated heterocycles. The van der Waals surface area contributed by atoms with Crippen LogP contribution in [0.1, 0.15) is 22.8 Å². The fourth-order valence-electron chi connectivity index (χ4n) is 2.22. The highest BCUT2D eigenvalue weighted by atomic mass is 16.9. The van der Waals surface area contributed by atoms with E-state index in [0.29, 0.717) is 25.4 Å². The van der Waals surface area contributed by atoms with Gasteiger partial charge < -0.3 is 14.2 Å². The zero-order chi connectivity index (χ0) is 11.9. The minimum atomic E-state index is -0.871. The Morgan fingerprint density at radius 3 is 2.06 bits per heavy atom. The van der Waals surface area contributed by atoms with E-state index in [1.165, 1.54) is 0 Å². The number of rotatable bonds is 2. The van der Waals surface area contributed by atoms with Crippen LogP contribution in [-0.2, 0) is 19.6 Å². The Morgan fingerprint density at radius 1 is 1.06 bits per heavy atom. The van der Waals surface area contributed by atoms with Crippen LogP contribution in [0.15, 0.2) is 24.3 Å². The smallest absolute Gasteiger partial charge is 0.279 e. The van der Waals surface area contributed by atoms with Crippen molar-refractivity contribution >= 4 is 6.29 Å². The number of benzene rings is 1. The Kier molecular flexibility index (Phi) is 2.33. The first-order valence-corrected chi connectivity index (χ1v) is 5.63. The summed E-state index contributed by atoms with van der Waals surface area (Å²) in [6.07, 6.45) is 0.837. The van der Waals surface area contributed by atoms with Gasteiger partial charge in [-0.25, -0.2) is 0 Å². The van der Waals surface area contributed by atoms with Gasteiger partial charge in [0.1, 0.15) is 6.29 Å². The maximum Gasteiger partial charge on any atom is 0.279 e. The van der Waals surface area contributed by atoms with Crippen LogP contribution in [-0.4, -0.2) is 32.1 Å². The lowest BCUT2D eigenvalue weighted by Crippen LogP contribution is -2.60. The number of hydrogen-bond acceptors (Lipinski definition) is 4. The summed E-state index contributed by atoms with van der Waals surface area (Å²) in [4.78, 5) is 10.6. The molecule has 0 saturated carbocycles. The number of carbonyl (C=O) groups excluding carboxylic acids is 1. The first-order chi connectivity index (χ1) is 8.16. The van der Waals surface area contributed by atoms with Crippen LogP contribution in [0.5, 0.6) is 0 Å². The number of carbonyl (C=O) groups is 1. The van der Waals surface area contributed by atoms with E-state index in [2.05, 4.69) is 0 Å². The van der Waals surface area contributed by atoms with Crippen molar-refractivity contribution in [2.75, 3.05) is 19.8 Å². The molecule has 0 spiro atoms. The third-order valence-electron chi connectivity index (χ3n) is 3.49. The first-order valence-electron chi connectivity index (χ1n) is 5.63. The lowest BCUT2D eigenvalue weighted by Gasteiger charge is -2.50. The van der Waals surface area contributed by atoms with Crippen molar-refractivity contribution < 1.29 is 19.0 Å². The average Bonchev–Trinajstić information content (AvgIpc) is 2.40. The molecule has 17 heavy (non-hydrogen) atoms. The second kappa shape index (κ2) is 3.63. The number of hydrogen-bond donors (Lipinski definition) is 0. The van der Waals surface area contributed by atoms with E-state index in [9.17, 15) is 4.79 Å². The molecule has 4 heteroatoms. The van der Waals surface area contributed by atoms with E-state index in [1.54, 1.807) is 19.1 Å². The molecule has 0 radical (unpaired) electrons. The predicted octanol–water partition coefficient (Wildman–Crippen LogP) is 1.49. The summed E-state index contributed by atoms with van der Waals surface area (Å²) < 4.78 is 16.7. The molecule has 0 aromatic heterocycles. The quantitative estimate of drug-likeness (QED) is 0.727. The monoisotopic (exact) mass is 234 g/mol. The van der Waals surface area contributed by atoms with E-state index in [1.807, 2.05) is 12.1 Å². The van der Waals surface area contributed by atoms with Gasteiger partial charge in [0.05, 0.1) is 25.2 Å². The minimum absolute atomic E-state index is 0.237. The van der Waals surface area contributed by atoms with Crippen LogP contribution in [0.2, 0.25) is 0 Å². The molecule has 4 nitrogen and oxygen atoms in total. The van der Waals surface area contributed by atoms with Crippen molar-refractivity contribution in [1.82, 2.24) is 0 Å². The SMILES string of the molecule is CC12OCC(c3ccc(C=O)cc3)(CO1)CO2. The van der Waals surface area contributed by atoms with Gasteiger partial charge >= 0.3 is 0 Å². The highest BCUT2D eigenvalue weighted by molar-refractivity contribution is 5.74. The van der Waals surface area contributed by atoms with Crippen molar-refractivity contribution in [2.45, 2.75) is 18.3 Å². The molecule has 3 aliphatic rings. The maximum absolute atomic E-state index is 10.6. The van der Waals surface area contributed by atoms with Gasteiger partial charge in [0, 0.05) is 12.5 Å². The lowest BCUT2D eigenvalue weighted by molar-refractivity contribution is -0.445. The Hall–Kier alpha value is -1.23. The standard InChI is InChI=1S/C13H14O4/c1-12-15-7-13(8-16-12,9-17-12)11-4-2-10(6-14)3-5-11/h2-6H,7-9H2,1H3. The van der Waals surface area contributed by atoms with E-state index in [4.69, 9.17) is 14.2 Å². The molecule has 1 aromatic rings. The van der Waals surface area contributed by atoms with Crippen LogP contribution in [0, 0.1) is 0 Å². The van der Waals surface area contributed by atoms with Crippen molar-refractivity contribution in [3.8, 4) is 0 Å². The molecule has 2 bridgehead atoms. The predicted molar refractivity (Wildman–Crippen MR) is 59.8 cm³/mol. The lowest BCUT2D eigenvalue weighted by atomic mass is 9.81. The normalized spacial score (nSPS) is 35.8. The molecule has 1 aromatic carbocycles. The van der Waals surface area contributed by atoms with Gasteiger partial charge in [-0.15, -0.1) is 0 Å². The fourth-order valence-corrected chi connectivity index (χ4v) is 2.22. The number of aldehydes is 1. The molecule has 3 fully saturated rings. The molecule has 3 aliphatic heterocycles. The molecular formula is C13H14O4. The summed E-state index contributed by atoms with van der Waals surface area (Å²) in [6.45, 7) is 3.55. The summed E-state index contributed by atoms with van der Waals surface area (Å²) in [7, 11) is 0. The van der Waals surface area contributed by atoms with E-state index in [-0.39, 0.29) is 5.41 Å².